The second-order valence-electron chi connectivity index (χ2n) is 7.02. The molecule has 5 rings (SSSR count). The zero-order chi connectivity index (χ0) is 21.0. The first kappa shape index (κ1) is 18.0. The van der Waals surface area contributed by atoms with Crippen LogP contribution in [0.5, 0.6) is 0 Å². The van der Waals surface area contributed by atoms with E-state index < -0.39 is 23.0 Å². The lowest BCUT2D eigenvalue weighted by molar-refractivity contribution is 0.103. The molecule has 0 bridgehead atoms. The molecule has 0 saturated carbocycles. The summed E-state index contributed by atoms with van der Waals surface area (Å²) in [6.45, 7) is 0. The number of aromatic amines is 1. The Bertz CT molecular complexity index is 1470. The smallest absolute Gasteiger partial charge is 0.201 e. The molecule has 8 heteroatoms. The van der Waals surface area contributed by atoms with Crippen molar-refractivity contribution in [2.75, 3.05) is 5.73 Å². The molecule has 0 saturated heterocycles. The summed E-state index contributed by atoms with van der Waals surface area (Å²) < 4.78 is 30.4. The summed E-state index contributed by atoms with van der Waals surface area (Å²) in [6, 6.07) is 9.68. The number of ketones is 1. The first-order chi connectivity index (χ1) is 14.4. The average Bonchev–Trinajstić information content (AvgIpc) is 3.34. The minimum absolute atomic E-state index is 0.115. The van der Waals surface area contributed by atoms with Crippen LogP contribution in [0.25, 0.3) is 33.1 Å². The number of nitrogens with one attached hydrogen (secondary N) is 1. The number of anilines is 1. The summed E-state index contributed by atoms with van der Waals surface area (Å²) in [7, 11) is 1.85. The van der Waals surface area contributed by atoms with Gasteiger partial charge in [-0.05, 0) is 29.8 Å². The third kappa shape index (κ3) is 2.65. The summed E-state index contributed by atoms with van der Waals surface area (Å²) in [5, 5.41) is 5.70. The molecule has 0 aliphatic rings. The third-order valence-corrected chi connectivity index (χ3v) is 5.21. The molecule has 0 aliphatic carbocycles. The normalized spacial score (nSPS) is 11.4. The van der Waals surface area contributed by atoms with Gasteiger partial charge in [0.15, 0.2) is 5.82 Å². The van der Waals surface area contributed by atoms with E-state index >= 15 is 0 Å². The number of hydrogen-bond donors (Lipinski definition) is 2. The van der Waals surface area contributed by atoms with Crippen LogP contribution in [-0.4, -0.2) is 25.5 Å². The molecule has 0 unspecified atom stereocenters. The monoisotopic (exact) mass is 403 g/mol. The maximum absolute atomic E-state index is 14.4. The third-order valence-electron chi connectivity index (χ3n) is 5.21. The van der Waals surface area contributed by atoms with Crippen molar-refractivity contribution < 1.29 is 13.6 Å². The fraction of sp³-hybridized carbons (Fsp3) is 0.0455. The van der Waals surface area contributed by atoms with Crippen LogP contribution in [0.4, 0.5) is 14.5 Å². The number of fused-ring (bicyclic) bond motifs is 2. The van der Waals surface area contributed by atoms with Gasteiger partial charge in [0.2, 0.25) is 5.78 Å². The highest BCUT2D eigenvalue weighted by Gasteiger charge is 2.24. The van der Waals surface area contributed by atoms with Gasteiger partial charge in [-0.2, -0.15) is 5.10 Å². The van der Waals surface area contributed by atoms with Crippen LogP contribution < -0.4 is 5.73 Å². The number of nitrogens with two attached hydrogens (primary N) is 1. The predicted molar refractivity (Wildman–Crippen MR) is 110 cm³/mol. The van der Waals surface area contributed by atoms with E-state index in [9.17, 15) is 13.6 Å². The Hall–Kier alpha value is -4.07. The molecule has 3 heterocycles. The molecule has 0 spiro atoms. The minimum Gasteiger partial charge on any atom is -0.396 e. The number of hydrogen-bond acceptors (Lipinski definition) is 4. The molecular formula is C22H15F2N5O. The number of nitrogens with zero attached hydrogens (tertiary/aromatic N) is 3. The summed E-state index contributed by atoms with van der Waals surface area (Å²) in [4.78, 5) is 20.2. The zero-order valence-corrected chi connectivity index (χ0v) is 15.8. The Morgan fingerprint density at radius 1 is 1.10 bits per heavy atom. The molecule has 6 nitrogen and oxygen atoms in total. The summed E-state index contributed by atoms with van der Waals surface area (Å²) >= 11 is 0. The van der Waals surface area contributed by atoms with Crippen LogP contribution in [0.2, 0.25) is 0 Å². The topological polar surface area (TPSA) is 89.6 Å². The van der Waals surface area contributed by atoms with E-state index in [1.807, 2.05) is 25.2 Å². The van der Waals surface area contributed by atoms with Crippen LogP contribution in [-0.2, 0) is 7.05 Å². The number of halogens is 2. The van der Waals surface area contributed by atoms with E-state index in [-0.39, 0.29) is 11.3 Å². The number of pyridine rings is 1. The number of aromatic nitrogens is 4. The molecular weight excluding hydrogens is 388 g/mol. The van der Waals surface area contributed by atoms with Crippen LogP contribution in [0.15, 0.2) is 55.0 Å². The molecule has 0 radical (unpaired) electrons. The maximum atomic E-state index is 14.4. The van der Waals surface area contributed by atoms with E-state index in [0.717, 1.165) is 34.2 Å². The van der Waals surface area contributed by atoms with Crippen molar-refractivity contribution in [3.63, 3.8) is 0 Å². The van der Waals surface area contributed by atoms with Crippen molar-refractivity contribution in [3.05, 3.63) is 77.8 Å². The molecule has 3 N–H and O–H groups in total. The van der Waals surface area contributed by atoms with Gasteiger partial charge in [0, 0.05) is 41.3 Å². The Morgan fingerprint density at radius 2 is 1.93 bits per heavy atom. The fourth-order valence-electron chi connectivity index (χ4n) is 3.58. The summed E-state index contributed by atoms with van der Waals surface area (Å²) in [6.07, 6.45) is 4.85. The van der Waals surface area contributed by atoms with E-state index in [1.165, 1.54) is 6.20 Å². The average molecular weight is 403 g/mol. The second kappa shape index (κ2) is 6.48. The van der Waals surface area contributed by atoms with Gasteiger partial charge in [-0.25, -0.2) is 13.8 Å². The van der Waals surface area contributed by atoms with Crippen molar-refractivity contribution >= 4 is 33.4 Å². The highest BCUT2D eigenvalue weighted by molar-refractivity contribution is 6.16. The predicted octanol–water partition coefficient (Wildman–Crippen LogP) is 4.21. The Kier molecular flexibility index (Phi) is 3.89. The van der Waals surface area contributed by atoms with Gasteiger partial charge in [0.05, 0.1) is 23.0 Å². The van der Waals surface area contributed by atoms with Gasteiger partial charge in [-0.3, -0.25) is 9.48 Å². The van der Waals surface area contributed by atoms with Gasteiger partial charge in [0.25, 0.3) is 0 Å². The van der Waals surface area contributed by atoms with Crippen LogP contribution in [0.1, 0.15) is 15.9 Å². The van der Waals surface area contributed by atoms with E-state index in [0.29, 0.717) is 11.0 Å². The number of aryl methyl sites for hydroxylation is 1. The first-order valence-corrected chi connectivity index (χ1v) is 9.11. The Balaban J connectivity index is 1.65. The van der Waals surface area contributed by atoms with Gasteiger partial charge >= 0.3 is 0 Å². The number of H-pyrrole nitrogens is 1. The minimum atomic E-state index is -1.07. The highest BCUT2D eigenvalue weighted by Crippen LogP contribution is 2.29. The van der Waals surface area contributed by atoms with Gasteiger partial charge in [-0.1, -0.05) is 12.1 Å². The van der Waals surface area contributed by atoms with Crippen molar-refractivity contribution in [2.45, 2.75) is 0 Å². The number of benzene rings is 2. The van der Waals surface area contributed by atoms with Crippen LogP contribution >= 0.6 is 0 Å². The molecule has 0 atom stereocenters. The van der Waals surface area contributed by atoms with Crippen molar-refractivity contribution in [1.82, 2.24) is 19.7 Å². The molecule has 2 aromatic carbocycles. The van der Waals surface area contributed by atoms with Crippen molar-refractivity contribution in [2.24, 2.45) is 7.05 Å². The quantitative estimate of drug-likeness (QED) is 0.349. The maximum Gasteiger partial charge on any atom is 0.201 e. The van der Waals surface area contributed by atoms with E-state index in [1.54, 1.807) is 23.1 Å². The van der Waals surface area contributed by atoms with E-state index in [4.69, 9.17) is 5.73 Å². The number of nitrogen functional groups attached to an aromatic ring is 1. The summed E-state index contributed by atoms with van der Waals surface area (Å²) in [5.74, 6) is -2.84. The first-order valence-electron chi connectivity index (χ1n) is 9.11. The Labute approximate surface area is 169 Å². The number of carbonyl (C=O) groups excluding carboxylic acids is 1. The Morgan fingerprint density at radius 3 is 2.77 bits per heavy atom. The lowest BCUT2D eigenvalue weighted by Crippen LogP contribution is -2.09. The van der Waals surface area contributed by atoms with Crippen molar-refractivity contribution in [3.8, 4) is 11.1 Å². The zero-order valence-electron chi connectivity index (χ0n) is 15.8. The number of carbonyl (C=O) groups is 1. The number of rotatable bonds is 3. The molecule has 0 aliphatic heterocycles. The lowest BCUT2D eigenvalue weighted by atomic mass is 9.99. The summed E-state index contributed by atoms with van der Waals surface area (Å²) in [5.41, 5.74) is 7.68. The van der Waals surface area contributed by atoms with Crippen LogP contribution in [0, 0.1) is 11.6 Å². The van der Waals surface area contributed by atoms with Gasteiger partial charge < -0.3 is 10.7 Å². The molecule has 3 aromatic heterocycles. The molecule has 148 valence electrons. The van der Waals surface area contributed by atoms with Gasteiger partial charge in [-0.15, -0.1) is 0 Å². The van der Waals surface area contributed by atoms with E-state index in [2.05, 4.69) is 15.1 Å². The molecule has 0 amide bonds. The van der Waals surface area contributed by atoms with Gasteiger partial charge in [0.1, 0.15) is 11.5 Å². The molecule has 5 aromatic rings. The molecule has 0 fully saturated rings. The lowest BCUT2D eigenvalue weighted by Gasteiger charge is -2.07. The van der Waals surface area contributed by atoms with Crippen molar-refractivity contribution in [1.29, 1.82) is 0 Å². The highest BCUT2D eigenvalue weighted by atomic mass is 19.1. The second-order valence-corrected chi connectivity index (χ2v) is 7.02. The standard InChI is InChI=1S/C22H15F2N5O/c1-29-18-7-11(2-3-12(18)9-28-29)13-6-14-15(10-27-22(14)26-8-13)21(30)19-16(23)4-5-17(25)20(19)24/h2-10H,25H2,1H3,(H,26,27). The molecule has 30 heavy (non-hydrogen) atoms. The SMILES string of the molecule is Cn1ncc2ccc(-c3cnc4[nH]cc(C(=O)c5c(F)ccc(N)c5F)c4c3)cc21. The largest absolute Gasteiger partial charge is 0.396 e. The fourth-order valence-corrected chi connectivity index (χ4v) is 3.58. The van der Waals surface area contributed by atoms with Crippen LogP contribution in [0.3, 0.4) is 0 Å².